The van der Waals surface area contributed by atoms with E-state index in [0.717, 1.165) is 17.2 Å². The fraction of sp³-hybridized carbons (Fsp3) is 0.300. The smallest absolute Gasteiger partial charge is 0.263 e. The number of hydrogen-bond acceptors (Lipinski definition) is 3. The molecular weight excluding hydrogens is 235 g/mol. The average molecular weight is 243 g/mol. The van der Waals surface area contributed by atoms with E-state index in [-0.39, 0.29) is 16.6 Å². The first-order valence-electron chi connectivity index (χ1n) is 4.75. The second kappa shape index (κ2) is 4.17. The molecule has 1 fully saturated rings. The maximum atomic E-state index is 12.9. The Morgan fingerprint density at radius 2 is 2.31 bits per heavy atom. The maximum absolute atomic E-state index is 12.9. The number of carbonyl (C=O) groups excluding carboxylic acids is 2. The van der Waals surface area contributed by atoms with Crippen LogP contribution < -0.4 is 0 Å². The van der Waals surface area contributed by atoms with Gasteiger partial charge in [-0.15, -0.1) is 0 Å². The van der Waals surface area contributed by atoms with Crippen LogP contribution in [0.15, 0.2) is 12.3 Å². The van der Waals surface area contributed by atoms with Crippen LogP contribution in [0.25, 0.3) is 0 Å². The summed E-state index contributed by atoms with van der Waals surface area (Å²) in [7, 11) is 0. The standard InChI is InChI=1S/C10H8ClFN2O2/c11-9-7(4-6(12)5-13-9)10(16)14-3-1-2-8(14)15/h4-5H,1-3H2. The van der Waals surface area contributed by atoms with Crippen molar-refractivity contribution in [1.29, 1.82) is 0 Å². The van der Waals surface area contributed by atoms with Gasteiger partial charge < -0.3 is 0 Å². The highest BCUT2D eigenvalue weighted by Crippen LogP contribution is 2.19. The summed E-state index contributed by atoms with van der Waals surface area (Å²) < 4.78 is 12.9. The summed E-state index contributed by atoms with van der Waals surface area (Å²) in [5, 5.41) is -0.0916. The molecule has 84 valence electrons. The van der Waals surface area contributed by atoms with E-state index in [4.69, 9.17) is 11.6 Å². The van der Waals surface area contributed by atoms with Crippen molar-refractivity contribution >= 4 is 23.4 Å². The first-order chi connectivity index (χ1) is 7.59. The van der Waals surface area contributed by atoms with Gasteiger partial charge in [0.15, 0.2) is 0 Å². The number of amides is 2. The highest BCUT2D eigenvalue weighted by atomic mass is 35.5. The Morgan fingerprint density at radius 1 is 1.56 bits per heavy atom. The Hall–Kier alpha value is -1.49. The number of pyridine rings is 1. The number of hydrogen-bond donors (Lipinski definition) is 0. The first-order valence-corrected chi connectivity index (χ1v) is 5.13. The zero-order valence-corrected chi connectivity index (χ0v) is 9.00. The minimum absolute atomic E-state index is 0.0723. The molecule has 2 rings (SSSR count). The summed E-state index contributed by atoms with van der Waals surface area (Å²) >= 11 is 5.68. The lowest BCUT2D eigenvalue weighted by Gasteiger charge is -2.13. The number of carbonyl (C=O) groups is 2. The Morgan fingerprint density at radius 3 is 2.94 bits per heavy atom. The SMILES string of the molecule is O=C1CCCN1C(=O)c1cc(F)cnc1Cl. The molecule has 1 aliphatic heterocycles. The van der Waals surface area contributed by atoms with Crippen molar-refractivity contribution in [3.05, 3.63) is 28.8 Å². The van der Waals surface area contributed by atoms with Crippen LogP contribution in [0.1, 0.15) is 23.2 Å². The van der Waals surface area contributed by atoms with Crippen LogP contribution in [0.3, 0.4) is 0 Å². The van der Waals surface area contributed by atoms with Crippen LogP contribution in [0.2, 0.25) is 5.15 Å². The van der Waals surface area contributed by atoms with Crippen LogP contribution in [-0.4, -0.2) is 28.2 Å². The van der Waals surface area contributed by atoms with Gasteiger partial charge in [-0.25, -0.2) is 9.37 Å². The van der Waals surface area contributed by atoms with Crippen molar-refractivity contribution in [3.8, 4) is 0 Å². The van der Waals surface area contributed by atoms with Crippen LogP contribution in [0.4, 0.5) is 4.39 Å². The van der Waals surface area contributed by atoms with Crippen molar-refractivity contribution in [3.63, 3.8) is 0 Å². The van der Waals surface area contributed by atoms with Gasteiger partial charge in [-0.2, -0.15) is 0 Å². The maximum Gasteiger partial charge on any atom is 0.263 e. The highest BCUT2D eigenvalue weighted by Gasteiger charge is 2.29. The summed E-state index contributed by atoms with van der Waals surface area (Å²) in [5.41, 5.74) is -0.0723. The average Bonchev–Trinajstić information content (AvgIpc) is 2.67. The molecule has 16 heavy (non-hydrogen) atoms. The molecule has 0 atom stereocenters. The van der Waals surface area contributed by atoms with Gasteiger partial charge in [-0.3, -0.25) is 14.5 Å². The van der Waals surface area contributed by atoms with E-state index in [2.05, 4.69) is 4.98 Å². The summed E-state index contributed by atoms with van der Waals surface area (Å²) in [6.45, 7) is 0.352. The van der Waals surface area contributed by atoms with E-state index >= 15 is 0 Å². The molecule has 0 saturated carbocycles. The second-order valence-electron chi connectivity index (χ2n) is 3.45. The van der Waals surface area contributed by atoms with Gasteiger partial charge in [-0.05, 0) is 12.5 Å². The predicted molar refractivity (Wildman–Crippen MR) is 54.5 cm³/mol. The second-order valence-corrected chi connectivity index (χ2v) is 3.80. The van der Waals surface area contributed by atoms with Crippen molar-refractivity contribution in [2.75, 3.05) is 6.54 Å². The zero-order valence-electron chi connectivity index (χ0n) is 8.24. The monoisotopic (exact) mass is 242 g/mol. The third kappa shape index (κ3) is 1.90. The highest BCUT2D eigenvalue weighted by molar-refractivity contribution is 6.33. The minimum Gasteiger partial charge on any atom is -0.278 e. The van der Waals surface area contributed by atoms with E-state index in [1.165, 1.54) is 0 Å². The van der Waals surface area contributed by atoms with Crippen LogP contribution in [-0.2, 0) is 4.79 Å². The molecule has 0 aromatic carbocycles. The number of likely N-dealkylation sites (tertiary alicyclic amines) is 1. The largest absolute Gasteiger partial charge is 0.278 e. The Bertz CT molecular complexity index is 464. The third-order valence-corrected chi connectivity index (χ3v) is 2.66. The molecule has 0 unspecified atom stereocenters. The summed E-state index contributed by atoms with van der Waals surface area (Å²) in [6, 6.07) is 0.989. The van der Waals surface area contributed by atoms with E-state index in [0.29, 0.717) is 19.4 Å². The normalized spacial score (nSPS) is 15.6. The lowest BCUT2D eigenvalue weighted by molar-refractivity contribution is -0.125. The van der Waals surface area contributed by atoms with Crippen molar-refractivity contribution in [2.24, 2.45) is 0 Å². The lowest BCUT2D eigenvalue weighted by Crippen LogP contribution is -2.32. The van der Waals surface area contributed by atoms with Gasteiger partial charge in [0, 0.05) is 13.0 Å². The molecule has 1 aliphatic rings. The van der Waals surface area contributed by atoms with Crippen LogP contribution in [0.5, 0.6) is 0 Å². The Labute approximate surface area is 96.0 Å². The Kier molecular flexibility index (Phi) is 2.87. The molecule has 0 radical (unpaired) electrons. The molecule has 6 heteroatoms. The molecule has 1 aromatic rings. The van der Waals surface area contributed by atoms with Gasteiger partial charge in [0.05, 0.1) is 11.8 Å². The molecule has 1 aromatic heterocycles. The van der Waals surface area contributed by atoms with Gasteiger partial charge >= 0.3 is 0 Å². The zero-order chi connectivity index (χ0) is 11.7. The van der Waals surface area contributed by atoms with E-state index in [9.17, 15) is 14.0 Å². The number of aromatic nitrogens is 1. The number of imide groups is 1. The minimum atomic E-state index is -0.653. The summed E-state index contributed by atoms with van der Waals surface area (Å²) in [5.74, 6) is -1.50. The third-order valence-electron chi connectivity index (χ3n) is 2.35. The molecule has 0 spiro atoms. The molecule has 0 N–H and O–H groups in total. The molecule has 2 amide bonds. The van der Waals surface area contributed by atoms with Crippen molar-refractivity contribution in [2.45, 2.75) is 12.8 Å². The Balaban J connectivity index is 2.33. The lowest BCUT2D eigenvalue weighted by atomic mass is 10.2. The van der Waals surface area contributed by atoms with Crippen LogP contribution in [0, 0.1) is 5.82 Å². The molecule has 4 nitrogen and oxygen atoms in total. The molecule has 2 heterocycles. The van der Waals surface area contributed by atoms with Crippen molar-refractivity contribution in [1.82, 2.24) is 9.88 Å². The number of halogens is 2. The van der Waals surface area contributed by atoms with E-state index in [1.807, 2.05) is 0 Å². The summed E-state index contributed by atoms with van der Waals surface area (Å²) in [6.07, 6.45) is 1.89. The van der Waals surface area contributed by atoms with Gasteiger partial charge in [0.2, 0.25) is 5.91 Å². The summed E-state index contributed by atoms with van der Waals surface area (Å²) in [4.78, 5) is 27.8. The van der Waals surface area contributed by atoms with Crippen molar-refractivity contribution < 1.29 is 14.0 Å². The molecule has 0 aliphatic carbocycles. The molecule has 1 saturated heterocycles. The fourth-order valence-corrected chi connectivity index (χ4v) is 1.77. The van der Waals surface area contributed by atoms with Gasteiger partial charge in [-0.1, -0.05) is 11.6 Å². The van der Waals surface area contributed by atoms with Gasteiger partial charge in [0.25, 0.3) is 5.91 Å². The molecular formula is C10H8ClFN2O2. The molecule has 0 bridgehead atoms. The van der Waals surface area contributed by atoms with Crippen LogP contribution >= 0.6 is 11.6 Å². The topological polar surface area (TPSA) is 50.3 Å². The fourth-order valence-electron chi connectivity index (χ4n) is 1.58. The number of nitrogens with zero attached hydrogens (tertiary/aromatic N) is 2. The van der Waals surface area contributed by atoms with E-state index in [1.54, 1.807) is 0 Å². The number of rotatable bonds is 1. The van der Waals surface area contributed by atoms with Gasteiger partial charge in [0.1, 0.15) is 11.0 Å². The quantitative estimate of drug-likeness (QED) is 0.556. The van der Waals surface area contributed by atoms with E-state index < -0.39 is 11.7 Å². The predicted octanol–water partition coefficient (Wildman–Crippen LogP) is 1.64. The first kappa shape index (κ1) is 11.0.